The van der Waals surface area contributed by atoms with Crippen LogP contribution in [0.3, 0.4) is 0 Å². The van der Waals surface area contributed by atoms with Crippen LogP contribution in [-0.2, 0) is 16.0 Å². The lowest BCUT2D eigenvalue weighted by Crippen LogP contribution is -2.49. The maximum absolute atomic E-state index is 13.6. The topological polar surface area (TPSA) is 57.7 Å². The predicted octanol–water partition coefficient (Wildman–Crippen LogP) is 5.42. The van der Waals surface area contributed by atoms with Gasteiger partial charge in [-0.05, 0) is 73.2 Å². The molecule has 0 atom stereocenters. The van der Waals surface area contributed by atoms with Gasteiger partial charge < -0.3 is 9.80 Å². The van der Waals surface area contributed by atoms with Crippen molar-refractivity contribution in [2.75, 3.05) is 37.3 Å². The molecule has 1 saturated heterocycles. The summed E-state index contributed by atoms with van der Waals surface area (Å²) < 4.78 is 63.0. The van der Waals surface area contributed by atoms with E-state index in [0.717, 1.165) is 61.6 Å². The van der Waals surface area contributed by atoms with Crippen LogP contribution in [-0.4, -0.2) is 51.7 Å². The lowest BCUT2D eigenvalue weighted by Gasteiger charge is -2.36. The van der Waals surface area contributed by atoms with Crippen molar-refractivity contribution in [1.29, 1.82) is 0 Å². The minimum Gasteiger partial charge on any atom is -0.368 e. The van der Waals surface area contributed by atoms with Gasteiger partial charge in [0.05, 0.1) is 10.5 Å². The third kappa shape index (κ3) is 5.89. The van der Waals surface area contributed by atoms with Gasteiger partial charge in [-0.3, -0.25) is 4.79 Å². The van der Waals surface area contributed by atoms with E-state index >= 15 is 0 Å². The lowest BCUT2D eigenvalue weighted by atomic mass is 9.95. The van der Waals surface area contributed by atoms with Crippen molar-refractivity contribution < 1.29 is 26.4 Å². The summed E-state index contributed by atoms with van der Waals surface area (Å²) in [5.74, 6) is -0.220. The molecule has 1 amide bonds. The molecule has 0 N–H and O–H groups in total. The third-order valence-corrected chi connectivity index (χ3v) is 7.77. The zero-order valence-electron chi connectivity index (χ0n) is 19.6. The van der Waals surface area contributed by atoms with Crippen molar-refractivity contribution in [3.63, 3.8) is 0 Å². The highest BCUT2D eigenvalue weighted by Gasteiger charge is 2.31. The van der Waals surface area contributed by atoms with E-state index in [-0.39, 0.29) is 10.8 Å². The highest BCUT2D eigenvalue weighted by atomic mass is 32.2. The standard InChI is InChI=1S/C26H29F3N2O3S/c1-35(33,34)22-12-13-23(19-6-4-2-3-5-7-19)24(18-22)25(32)31-16-14-30(15-17-31)21-10-8-20(9-11-21)26(27,28)29/h6,8-13,18H,2-5,7,14-17H2,1H3. The second kappa shape index (κ2) is 10.0. The fourth-order valence-corrected chi connectivity index (χ4v) is 5.32. The molecule has 188 valence electrons. The Morgan fingerprint density at radius 2 is 1.60 bits per heavy atom. The van der Waals surface area contributed by atoms with E-state index in [1.807, 2.05) is 4.90 Å². The van der Waals surface area contributed by atoms with Crippen molar-refractivity contribution in [2.45, 2.75) is 43.2 Å². The zero-order chi connectivity index (χ0) is 25.2. The monoisotopic (exact) mass is 506 g/mol. The predicted molar refractivity (Wildman–Crippen MR) is 130 cm³/mol. The number of piperazine rings is 1. The molecule has 1 fully saturated rings. The average molecular weight is 507 g/mol. The fourth-order valence-electron chi connectivity index (χ4n) is 4.67. The Labute approximate surface area is 204 Å². The second-order valence-corrected chi connectivity index (χ2v) is 11.1. The second-order valence-electron chi connectivity index (χ2n) is 9.13. The van der Waals surface area contributed by atoms with Gasteiger partial charge in [0.2, 0.25) is 0 Å². The third-order valence-electron chi connectivity index (χ3n) is 6.66. The number of rotatable bonds is 4. The van der Waals surface area contributed by atoms with Gasteiger partial charge in [0.1, 0.15) is 0 Å². The number of carbonyl (C=O) groups excluding carboxylic acids is 1. The Balaban J connectivity index is 1.54. The Kier molecular flexibility index (Phi) is 7.26. The number of nitrogens with zero attached hydrogens (tertiary/aromatic N) is 2. The number of amides is 1. The van der Waals surface area contributed by atoms with Crippen molar-refractivity contribution >= 4 is 27.0 Å². The van der Waals surface area contributed by atoms with Gasteiger partial charge >= 0.3 is 6.18 Å². The first-order valence-electron chi connectivity index (χ1n) is 11.8. The van der Waals surface area contributed by atoms with E-state index in [4.69, 9.17) is 0 Å². The van der Waals surface area contributed by atoms with Crippen molar-refractivity contribution in [3.05, 3.63) is 65.2 Å². The number of allylic oxidation sites excluding steroid dienone is 2. The van der Waals surface area contributed by atoms with Crippen LogP contribution in [0.4, 0.5) is 18.9 Å². The van der Waals surface area contributed by atoms with Crippen LogP contribution in [0.15, 0.2) is 53.4 Å². The fraction of sp³-hybridized carbons (Fsp3) is 0.423. The molecule has 1 heterocycles. The maximum Gasteiger partial charge on any atom is 0.416 e. The summed E-state index contributed by atoms with van der Waals surface area (Å²) in [6, 6.07) is 9.83. The Hall–Kier alpha value is -2.81. The van der Waals surface area contributed by atoms with Gasteiger partial charge in [0.25, 0.3) is 5.91 Å². The molecule has 0 bridgehead atoms. The number of alkyl halides is 3. The number of benzene rings is 2. The summed E-state index contributed by atoms with van der Waals surface area (Å²) in [5.41, 5.74) is 2.24. The van der Waals surface area contributed by atoms with Gasteiger partial charge in [-0.15, -0.1) is 0 Å². The van der Waals surface area contributed by atoms with Crippen LogP contribution in [0.25, 0.3) is 5.57 Å². The zero-order valence-corrected chi connectivity index (χ0v) is 20.5. The summed E-state index contributed by atoms with van der Waals surface area (Å²) >= 11 is 0. The molecule has 0 radical (unpaired) electrons. The number of carbonyl (C=O) groups is 1. The van der Waals surface area contributed by atoms with Crippen LogP contribution >= 0.6 is 0 Å². The Morgan fingerprint density at radius 1 is 0.914 bits per heavy atom. The van der Waals surface area contributed by atoms with Gasteiger partial charge in [-0.25, -0.2) is 8.42 Å². The molecule has 2 aromatic carbocycles. The van der Waals surface area contributed by atoms with E-state index in [2.05, 4.69) is 6.08 Å². The van der Waals surface area contributed by atoms with Gasteiger partial charge in [-0.1, -0.05) is 18.6 Å². The summed E-state index contributed by atoms with van der Waals surface area (Å²) in [7, 11) is -3.48. The normalized spacial score (nSPS) is 17.7. The quantitative estimate of drug-likeness (QED) is 0.556. The molecule has 0 saturated carbocycles. The molecular weight excluding hydrogens is 477 g/mol. The van der Waals surface area contributed by atoms with E-state index in [0.29, 0.717) is 37.4 Å². The summed E-state index contributed by atoms with van der Waals surface area (Å²) in [6.45, 7) is 1.73. The molecule has 35 heavy (non-hydrogen) atoms. The van der Waals surface area contributed by atoms with Gasteiger partial charge in [0, 0.05) is 43.7 Å². The van der Waals surface area contributed by atoms with Crippen LogP contribution < -0.4 is 4.90 Å². The smallest absolute Gasteiger partial charge is 0.368 e. The van der Waals surface area contributed by atoms with Gasteiger partial charge in [0.15, 0.2) is 9.84 Å². The summed E-state index contributed by atoms with van der Waals surface area (Å²) in [4.78, 5) is 17.3. The first kappa shape index (κ1) is 25.3. The molecule has 1 aliphatic carbocycles. The number of anilines is 1. The summed E-state index contributed by atoms with van der Waals surface area (Å²) in [6.07, 6.45) is 3.93. The molecule has 2 aromatic rings. The first-order chi connectivity index (χ1) is 16.5. The minimum absolute atomic E-state index is 0.113. The van der Waals surface area contributed by atoms with Crippen molar-refractivity contribution in [2.24, 2.45) is 0 Å². The lowest BCUT2D eigenvalue weighted by molar-refractivity contribution is -0.137. The van der Waals surface area contributed by atoms with Crippen LogP contribution in [0.1, 0.15) is 53.6 Å². The molecule has 5 nitrogen and oxygen atoms in total. The van der Waals surface area contributed by atoms with Crippen LogP contribution in [0.5, 0.6) is 0 Å². The molecular formula is C26H29F3N2O3S. The van der Waals surface area contributed by atoms with E-state index < -0.39 is 21.6 Å². The molecule has 0 spiro atoms. The molecule has 2 aliphatic rings. The van der Waals surface area contributed by atoms with E-state index in [1.165, 1.54) is 18.2 Å². The average Bonchev–Trinajstić information content (AvgIpc) is 3.12. The maximum atomic E-state index is 13.6. The van der Waals surface area contributed by atoms with Crippen molar-refractivity contribution in [1.82, 2.24) is 4.90 Å². The number of sulfone groups is 1. The van der Waals surface area contributed by atoms with E-state index in [1.54, 1.807) is 17.0 Å². The van der Waals surface area contributed by atoms with Gasteiger partial charge in [-0.2, -0.15) is 13.2 Å². The number of halogens is 3. The molecule has 0 unspecified atom stereocenters. The SMILES string of the molecule is CS(=O)(=O)c1ccc(C2=CCCCCC2)c(C(=O)N2CCN(c3ccc(C(F)(F)F)cc3)CC2)c1. The van der Waals surface area contributed by atoms with Crippen LogP contribution in [0.2, 0.25) is 0 Å². The minimum atomic E-state index is -4.38. The molecule has 9 heteroatoms. The summed E-state index contributed by atoms with van der Waals surface area (Å²) in [5, 5.41) is 0. The van der Waals surface area contributed by atoms with Crippen molar-refractivity contribution in [3.8, 4) is 0 Å². The molecule has 1 aliphatic heterocycles. The molecule has 0 aromatic heterocycles. The highest BCUT2D eigenvalue weighted by molar-refractivity contribution is 7.90. The number of hydrogen-bond acceptors (Lipinski definition) is 4. The highest BCUT2D eigenvalue weighted by Crippen LogP contribution is 2.32. The van der Waals surface area contributed by atoms with E-state index in [9.17, 15) is 26.4 Å². The Bertz CT molecular complexity index is 1210. The van der Waals surface area contributed by atoms with Crippen LogP contribution in [0, 0.1) is 0 Å². The molecule has 4 rings (SSSR count). The number of hydrogen-bond donors (Lipinski definition) is 0. The largest absolute Gasteiger partial charge is 0.416 e. The first-order valence-corrected chi connectivity index (χ1v) is 13.7. The Morgan fingerprint density at radius 3 is 2.23 bits per heavy atom.